The van der Waals surface area contributed by atoms with Gasteiger partial charge in [-0.3, -0.25) is 4.98 Å². The Balaban J connectivity index is 2.22. The van der Waals surface area contributed by atoms with Crippen molar-refractivity contribution in [3.8, 4) is 22.4 Å². The molecule has 0 spiro atoms. The first-order chi connectivity index (χ1) is 12.7. The van der Waals surface area contributed by atoms with E-state index in [4.69, 9.17) is 69.6 Å². The lowest BCUT2D eigenvalue weighted by atomic mass is 9.99. The lowest BCUT2D eigenvalue weighted by Crippen LogP contribution is -2.02. The fourth-order valence-electron chi connectivity index (χ4n) is 2.45. The number of nitrogens with zero attached hydrogens (tertiary/aromatic N) is 1. The number of hydrogen-bond acceptors (Lipinski definition) is 2. The zero-order valence-electron chi connectivity index (χ0n) is 13.0. The second-order valence-electron chi connectivity index (χ2n) is 5.37. The predicted molar refractivity (Wildman–Crippen MR) is 112 cm³/mol. The minimum atomic E-state index is -1.17. The first kappa shape index (κ1) is 20.5. The summed E-state index contributed by atoms with van der Waals surface area (Å²) in [6.07, 6.45) is 1.38. The molecular weight excluding hydrogens is 475 g/mol. The van der Waals surface area contributed by atoms with Crippen LogP contribution in [0.15, 0.2) is 36.5 Å². The standard InChI is InChI=1S/C18H7Cl6NO2/c19-11-3-1-7(14(21)16(11)23)10-6-25-13(5-9(10)18(26)27)8-2-4-12(20)17(24)15(8)22/h1-6H,(H,26,27). The lowest BCUT2D eigenvalue weighted by Gasteiger charge is -2.13. The molecule has 27 heavy (non-hydrogen) atoms. The summed E-state index contributed by atoms with van der Waals surface area (Å²) in [5.74, 6) is -1.17. The van der Waals surface area contributed by atoms with Crippen LogP contribution in [-0.4, -0.2) is 16.1 Å². The van der Waals surface area contributed by atoms with E-state index in [0.29, 0.717) is 16.8 Å². The minimum Gasteiger partial charge on any atom is -0.478 e. The summed E-state index contributed by atoms with van der Waals surface area (Å²) >= 11 is 36.5. The highest BCUT2D eigenvalue weighted by atomic mass is 35.5. The van der Waals surface area contributed by atoms with Gasteiger partial charge in [-0.25, -0.2) is 4.79 Å². The lowest BCUT2D eigenvalue weighted by molar-refractivity contribution is 0.0697. The van der Waals surface area contributed by atoms with Crippen LogP contribution in [0.2, 0.25) is 30.1 Å². The summed E-state index contributed by atoms with van der Waals surface area (Å²) in [4.78, 5) is 16.1. The van der Waals surface area contributed by atoms with Crippen LogP contribution in [0.1, 0.15) is 10.4 Å². The average Bonchev–Trinajstić information content (AvgIpc) is 2.64. The number of rotatable bonds is 3. The molecule has 0 atom stereocenters. The third-order valence-corrected chi connectivity index (χ3v) is 6.36. The van der Waals surface area contributed by atoms with Crippen LogP contribution in [0.3, 0.4) is 0 Å². The molecule has 0 aliphatic carbocycles. The Morgan fingerprint density at radius 1 is 0.741 bits per heavy atom. The summed E-state index contributed by atoms with van der Waals surface area (Å²) < 4.78 is 0. The second-order valence-corrected chi connectivity index (χ2v) is 7.69. The van der Waals surface area contributed by atoms with Crippen LogP contribution >= 0.6 is 69.6 Å². The van der Waals surface area contributed by atoms with Crippen molar-refractivity contribution in [1.29, 1.82) is 0 Å². The van der Waals surface area contributed by atoms with Crippen molar-refractivity contribution in [2.45, 2.75) is 0 Å². The molecule has 0 saturated carbocycles. The van der Waals surface area contributed by atoms with E-state index in [1.807, 2.05) is 0 Å². The Hall–Kier alpha value is -1.20. The van der Waals surface area contributed by atoms with Crippen LogP contribution in [0.5, 0.6) is 0 Å². The summed E-state index contributed by atoms with van der Waals surface area (Å²) in [6.45, 7) is 0. The predicted octanol–water partition coefficient (Wildman–Crippen LogP) is 8.03. The van der Waals surface area contributed by atoms with E-state index in [9.17, 15) is 9.90 Å². The van der Waals surface area contributed by atoms with Crippen molar-refractivity contribution >= 4 is 75.6 Å². The highest BCUT2D eigenvalue weighted by molar-refractivity contribution is 6.50. The summed E-state index contributed by atoms with van der Waals surface area (Å²) in [5.41, 5.74) is 1.40. The highest BCUT2D eigenvalue weighted by Crippen LogP contribution is 2.41. The van der Waals surface area contributed by atoms with Gasteiger partial charge in [-0.2, -0.15) is 0 Å². The van der Waals surface area contributed by atoms with Crippen molar-refractivity contribution in [3.63, 3.8) is 0 Å². The molecule has 1 heterocycles. The van der Waals surface area contributed by atoms with E-state index in [0.717, 1.165) is 0 Å². The average molecular weight is 482 g/mol. The summed E-state index contributed by atoms with van der Waals surface area (Å²) in [7, 11) is 0. The smallest absolute Gasteiger partial charge is 0.336 e. The Morgan fingerprint density at radius 2 is 1.26 bits per heavy atom. The number of aromatic nitrogens is 1. The maximum absolute atomic E-state index is 11.8. The van der Waals surface area contributed by atoms with Gasteiger partial charge in [-0.15, -0.1) is 0 Å². The molecule has 0 unspecified atom stereocenters. The van der Waals surface area contributed by atoms with E-state index < -0.39 is 5.97 Å². The zero-order chi connectivity index (χ0) is 19.9. The molecule has 3 aromatic rings. The Bertz CT molecular complexity index is 1080. The van der Waals surface area contributed by atoms with Crippen LogP contribution in [0.4, 0.5) is 0 Å². The van der Waals surface area contributed by atoms with Gasteiger partial charge < -0.3 is 5.11 Å². The highest BCUT2D eigenvalue weighted by Gasteiger charge is 2.20. The molecule has 0 saturated heterocycles. The summed E-state index contributed by atoms with van der Waals surface area (Å²) in [5, 5.41) is 10.8. The van der Waals surface area contributed by atoms with Gasteiger partial charge in [0.05, 0.1) is 41.4 Å². The van der Waals surface area contributed by atoms with Crippen LogP contribution in [-0.2, 0) is 0 Å². The third kappa shape index (κ3) is 3.86. The SMILES string of the molecule is O=C(O)c1cc(-c2ccc(Cl)c(Cl)c2Cl)ncc1-c1ccc(Cl)c(Cl)c1Cl. The molecule has 0 aliphatic rings. The van der Waals surface area contributed by atoms with Gasteiger partial charge in [-0.1, -0.05) is 75.7 Å². The van der Waals surface area contributed by atoms with E-state index in [1.54, 1.807) is 18.2 Å². The van der Waals surface area contributed by atoms with Gasteiger partial charge in [0.1, 0.15) is 0 Å². The van der Waals surface area contributed by atoms with Crippen molar-refractivity contribution in [2.24, 2.45) is 0 Å². The molecule has 0 amide bonds. The number of halogens is 6. The van der Waals surface area contributed by atoms with Crippen molar-refractivity contribution in [1.82, 2.24) is 4.98 Å². The molecule has 1 aromatic heterocycles. The molecule has 3 nitrogen and oxygen atoms in total. The number of hydrogen-bond donors (Lipinski definition) is 1. The van der Waals surface area contributed by atoms with E-state index in [-0.39, 0.29) is 41.3 Å². The van der Waals surface area contributed by atoms with Gasteiger partial charge in [0.2, 0.25) is 0 Å². The topological polar surface area (TPSA) is 50.2 Å². The second kappa shape index (κ2) is 8.04. The monoisotopic (exact) mass is 479 g/mol. The van der Waals surface area contributed by atoms with E-state index in [1.165, 1.54) is 18.3 Å². The fourth-order valence-corrected chi connectivity index (χ4v) is 3.72. The van der Waals surface area contributed by atoms with Gasteiger partial charge in [0, 0.05) is 22.9 Å². The normalized spacial score (nSPS) is 10.9. The molecule has 0 fully saturated rings. The van der Waals surface area contributed by atoms with Crippen LogP contribution in [0, 0.1) is 0 Å². The number of pyridine rings is 1. The van der Waals surface area contributed by atoms with Crippen LogP contribution in [0.25, 0.3) is 22.4 Å². The maximum Gasteiger partial charge on any atom is 0.336 e. The Morgan fingerprint density at radius 3 is 1.81 bits per heavy atom. The maximum atomic E-state index is 11.8. The summed E-state index contributed by atoms with van der Waals surface area (Å²) in [6, 6.07) is 7.64. The van der Waals surface area contributed by atoms with E-state index in [2.05, 4.69) is 4.98 Å². The van der Waals surface area contributed by atoms with Gasteiger partial charge in [-0.05, 0) is 24.3 Å². The van der Waals surface area contributed by atoms with E-state index >= 15 is 0 Å². The number of carbonyl (C=O) groups is 1. The first-order valence-corrected chi connectivity index (χ1v) is 9.50. The van der Waals surface area contributed by atoms with Crippen molar-refractivity contribution in [3.05, 3.63) is 72.2 Å². The minimum absolute atomic E-state index is 0.0394. The van der Waals surface area contributed by atoms with Crippen LogP contribution < -0.4 is 0 Å². The fraction of sp³-hybridized carbons (Fsp3) is 0. The molecule has 0 radical (unpaired) electrons. The Kier molecular flexibility index (Phi) is 6.11. The molecule has 0 bridgehead atoms. The molecular formula is C18H7Cl6NO2. The number of aromatic carboxylic acids is 1. The molecule has 2 aromatic carbocycles. The van der Waals surface area contributed by atoms with Gasteiger partial charge in [0.25, 0.3) is 0 Å². The number of carboxylic acid groups (broad SMARTS) is 1. The van der Waals surface area contributed by atoms with Crippen molar-refractivity contribution in [2.75, 3.05) is 0 Å². The number of benzene rings is 2. The largest absolute Gasteiger partial charge is 0.478 e. The first-order valence-electron chi connectivity index (χ1n) is 7.23. The van der Waals surface area contributed by atoms with Crippen molar-refractivity contribution < 1.29 is 9.90 Å². The molecule has 9 heteroatoms. The number of carboxylic acids is 1. The third-order valence-electron chi connectivity index (χ3n) is 3.77. The quantitative estimate of drug-likeness (QED) is 0.385. The zero-order valence-corrected chi connectivity index (χ0v) is 17.6. The molecule has 1 N–H and O–H groups in total. The molecule has 138 valence electrons. The Labute approximate surface area is 184 Å². The van der Waals surface area contributed by atoms with Gasteiger partial charge in [0.15, 0.2) is 0 Å². The molecule has 0 aliphatic heterocycles. The molecule has 3 rings (SSSR count). The van der Waals surface area contributed by atoms with Gasteiger partial charge >= 0.3 is 5.97 Å².